The Bertz CT molecular complexity index is 752. The van der Waals surface area contributed by atoms with Crippen LogP contribution in [0.25, 0.3) is 5.69 Å². The Labute approximate surface area is 129 Å². The summed E-state index contributed by atoms with van der Waals surface area (Å²) in [4.78, 5) is 0. The fourth-order valence-electron chi connectivity index (χ4n) is 2.27. The molecule has 3 rings (SSSR count). The van der Waals surface area contributed by atoms with E-state index in [0.717, 1.165) is 28.4 Å². The summed E-state index contributed by atoms with van der Waals surface area (Å²) in [6.45, 7) is 2.75. The van der Waals surface area contributed by atoms with Crippen LogP contribution >= 0.6 is 0 Å². The van der Waals surface area contributed by atoms with Crippen molar-refractivity contribution < 1.29 is 4.74 Å². The first-order valence-electron chi connectivity index (χ1n) is 7.16. The Hall–Kier alpha value is -2.66. The van der Waals surface area contributed by atoms with Crippen molar-refractivity contribution in [3.05, 3.63) is 71.5 Å². The van der Waals surface area contributed by atoms with Gasteiger partial charge in [-0.2, -0.15) is 0 Å². The summed E-state index contributed by atoms with van der Waals surface area (Å²) in [7, 11) is 0. The number of aromatic nitrogens is 3. The molecule has 5 nitrogen and oxygen atoms in total. The second-order valence-corrected chi connectivity index (χ2v) is 5.04. The number of rotatable bonds is 5. The smallest absolute Gasteiger partial charge is 0.132 e. The van der Waals surface area contributed by atoms with E-state index in [2.05, 4.69) is 16.4 Å². The molecule has 22 heavy (non-hydrogen) atoms. The maximum atomic E-state index is 5.83. The molecular weight excluding hydrogens is 276 g/mol. The molecule has 0 saturated carbocycles. The van der Waals surface area contributed by atoms with Gasteiger partial charge in [-0.1, -0.05) is 35.5 Å². The van der Waals surface area contributed by atoms with Crippen LogP contribution < -0.4 is 10.5 Å². The number of ether oxygens (including phenoxy) is 1. The summed E-state index contributed by atoms with van der Waals surface area (Å²) < 4.78 is 7.62. The van der Waals surface area contributed by atoms with Crippen LogP contribution in [0.5, 0.6) is 5.75 Å². The first kappa shape index (κ1) is 14.3. The fraction of sp³-hybridized carbons (Fsp3) is 0.176. The molecule has 0 amide bonds. The summed E-state index contributed by atoms with van der Waals surface area (Å²) >= 11 is 0. The third-order valence-corrected chi connectivity index (χ3v) is 3.40. The van der Waals surface area contributed by atoms with Crippen molar-refractivity contribution in [2.45, 2.75) is 20.1 Å². The molecule has 3 aromatic rings. The molecule has 0 fully saturated rings. The molecule has 0 aliphatic heterocycles. The van der Waals surface area contributed by atoms with Gasteiger partial charge < -0.3 is 10.5 Å². The average molecular weight is 294 g/mol. The maximum absolute atomic E-state index is 5.83. The standard InChI is InChI=1S/C17H18N4O/c1-13-6-5-7-14(10-13)21-17(16(11-18)19-20-21)12-22-15-8-3-2-4-9-15/h2-10H,11-12,18H2,1H3. The molecule has 0 unspecified atom stereocenters. The quantitative estimate of drug-likeness (QED) is 0.785. The SMILES string of the molecule is Cc1cccc(-n2nnc(CN)c2COc2ccccc2)c1. The maximum Gasteiger partial charge on any atom is 0.132 e. The van der Waals surface area contributed by atoms with Crippen LogP contribution in [-0.2, 0) is 13.2 Å². The van der Waals surface area contributed by atoms with Gasteiger partial charge >= 0.3 is 0 Å². The van der Waals surface area contributed by atoms with E-state index in [0.29, 0.717) is 13.2 Å². The van der Waals surface area contributed by atoms with Crippen LogP contribution in [0.2, 0.25) is 0 Å². The Balaban J connectivity index is 1.90. The Morgan fingerprint density at radius 3 is 2.64 bits per heavy atom. The van der Waals surface area contributed by atoms with E-state index in [1.165, 1.54) is 0 Å². The van der Waals surface area contributed by atoms with Crippen LogP contribution in [0.1, 0.15) is 17.0 Å². The second kappa shape index (κ2) is 6.41. The number of hydrogen-bond acceptors (Lipinski definition) is 4. The van der Waals surface area contributed by atoms with Crippen molar-refractivity contribution in [3.63, 3.8) is 0 Å². The monoisotopic (exact) mass is 294 g/mol. The summed E-state index contributed by atoms with van der Waals surface area (Å²) in [5.41, 5.74) is 9.51. The molecule has 0 saturated heterocycles. The average Bonchev–Trinajstić information content (AvgIpc) is 2.97. The number of nitrogens with two attached hydrogens (primary N) is 1. The van der Waals surface area contributed by atoms with Crippen molar-refractivity contribution >= 4 is 0 Å². The topological polar surface area (TPSA) is 66.0 Å². The van der Waals surface area contributed by atoms with E-state index in [9.17, 15) is 0 Å². The van der Waals surface area contributed by atoms with Crippen molar-refractivity contribution in [3.8, 4) is 11.4 Å². The molecule has 1 heterocycles. The Morgan fingerprint density at radius 1 is 1.09 bits per heavy atom. The third-order valence-electron chi connectivity index (χ3n) is 3.40. The number of aryl methyl sites for hydroxylation is 1. The third kappa shape index (κ3) is 2.99. The van der Waals surface area contributed by atoms with Crippen molar-refractivity contribution in [2.24, 2.45) is 5.73 Å². The lowest BCUT2D eigenvalue weighted by Crippen LogP contribution is -2.09. The Kier molecular flexibility index (Phi) is 4.16. The van der Waals surface area contributed by atoms with Gasteiger partial charge in [0, 0.05) is 6.54 Å². The minimum absolute atomic E-state index is 0.333. The molecule has 0 atom stereocenters. The van der Waals surface area contributed by atoms with Gasteiger partial charge in [-0.15, -0.1) is 5.10 Å². The lowest BCUT2D eigenvalue weighted by molar-refractivity contribution is 0.296. The highest BCUT2D eigenvalue weighted by molar-refractivity contribution is 5.36. The lowest BCUT2D eigenvalue weighted by Gasteiger charge is -2.10. The van der Waals surface area contributed by atoms with Gasteiger partial charge in [-0.05, 0) is 36.8 Å². The molecule has 0 radical (unpaired) electrons. The second-order valence-electron chi connectivity index (χ2n) is 5.04. The molecule has 1 aromatic heterocycles. The van der Waals surface area contributed by atoms with Gasteiger partial charge in [0.15, 0.2) is 0 Å². The van der Waals surface area contributed by atoms with Crippen LogP contribution in [0.15, 0.2) is 54.6 Å². The molecule has 2 N–H and O–H groups in total. The highest BCUT2D eigenvalue weighted by Gasteiger charge is 2.14. The molecule has 112 valence electrons. The zero-order valence-electron chi connectivity index (χ0n) is 12.4. The largest absolute Gasteiger partial charge is 0.487 e. The molecule has 0 aliphatic rings. The Morgan fingerprint density at radius 2 is 1.91 bits per heavy atom. The zero-order valence-corrected chi connectivity index (χ0v) is 12.4. The number of hydrogen-bond donors (Lipinski definition) is 1. The van der Waals surface area contributed by atoms with E-state index in [4.69, 9.17) is 10.5 Å². The van der Waals surface area contributed by atoms with Crippen LogP contribution in [0, 0.1) is 6.92 Å². The summed E-state index contributed by atoms with van der Waals surface area (Å²) in [6.07, 6.45) is 0. The van der Waals surface area contributed by atoms with Crippen molar-refractivity contribution in [2.75, 3.05) is 0 Å². The van der Waals surface area contributed by atoms with Gasteiger partial charge in [0.2, 0.25) is 0 Å². The minimum Gasteiger partial charge on any atom is -0.487 e. The van der Waals surface area contributed by atoms with Crippen LogP contribution in [0.4, 0.5) is 0 Å². The summed E-state index contributed by atoms with van der Waals surface area (Å²) in [5, 5.41) is 8.38. The number of nitrogens with zero attached hydrogens (tertiary/aromatic N) is 3. The van der Waals surface area contributed by atoms with Crippen molar-refractivity contribution in [1.29, 1.82) is 0 Å². The van der Waals surface area contributed by atoms with Crippen LogP contribution in [-0.4, -0.2) is 15.0 Å². The van der Waals surface area contributed by atoms with E-state index < -0.39 is 0 Å². The highest BCUT2D eigenvalue weighted by Crippen LogP contribution is 2.17. The number of para-hydroxylation sites is 1. The first-order valence-corrected chi connectivity index (χ1v) is 7.16. The molecule has 2 aromatic carbocycles. The van der Waals surface area contributed by atoms with Crippen molar-refractivity contribution in [1.82, 2.24) is 15.0 Å². The molecule has 0 spiro atoms. The van der Waals surface area contributed by atoms with E-state index in [-0.39, 0.29) is 0 Å². The molecular formula is C17H18N4O. The predicted molar refractivity (Wildman–Crippen MR) is 84.8 cm³/mol. The van der Waals surface area contributed by atoms with Crippen LogP contribution in [0.3, 0.4) is 0 Å². The molecule has 5 heteroatoms. The molecule has 0 bridgehead atoms. The summed E-state index contributed by atoms with van der Waals surface area (Å²) in [5.74, 6) is 0.808. The number of benzene rings is 2. The first-order chi connectivity index (χ1) is 10.8. The normalized spacial score (nSPS) is 10.6. The van der Waals surface area contributed by atoms with E-state index in [1.807, 2.05) is 55.5 Å². The minimum atomic E-state index is 0.333. The van der Waals surface area contributed by atoms with Gasteiger partial charge in [0.1, 0.15) is 23.7 Å². The van der Waals surface area contributed by atoms with E-state index >= 15 is 0 Å². The zero-order chi connectivity index (χ0) is 15.4. The predicted octanol–water partition coefficient (Wildman–Crippen LogP) is 2.61. The van der Waals surface area contributed by atoms with Gasteiger partial charge in [-0.25, -0.2) is 4.68 Å². The van der Waals surface area contributed by atoms with E-state index in [1.54, 1.807) is 4.68 Å². The highest BCUT2D eigenvalue weighted by atomic mass is 16.5. The molecule has 0 aliphatic carbocycles. The van der Waals surface area contributed by atoms with Gasteiger partial charge in [-0.3, -0.25) is 0 Å². The summed E-state index contributed by atoms with van der Waals surface area (Å²) in [6, 6.07) is 17.8. The fourth-order valence-corrected chi connectivity index (χ4v) is 2.27. The lowest BCUT2D eigenvalue weighted by atomic mass is 10.2. The van der Waals surface area contributed by atoms with Gasteiger partial charge in [0.05, 0.1) is 5.69 Å². The van der Waals surface area contributed by atoms with Gasteiger partial charge in [0.25, 0.3) is 0 Å².